The van der Waals surface area contributed by atoms with E-state index in [1.165, 1.54) is 0 Å². The highest BCUT2D eigenvalue weighted by Crippen LogP contribution is 1.89. The molecule has 5 nitrogen and oxygen atoms in total. The Morgan fingerprint density at radius 3 is 2.00 bits per heavy atom. The maximum Gasteiger partial charge on any atom is 0.236 e. The van der Waals surface area contributed by atoms with Crippen molar-refractivity contribution in [3.63, 3.8) is 0 Å². The Morgan fingerprint density at radius 2 is 1.60 bits per heavy atom. The van der Waals surface area contributed by atoms with Gasteiger partial charge in [-0.2, -0.15) is 0 Å². The zero-order chi connectivity index (χ0) is 11.8. The summed E-state index contributed by atoms with van der Waals surface area (Å²) in [5, 5.41) is 5.35. The van der Waals surface area contributed by atoms with Crippen molar-refractivity contribution < 1.29 is 9.59 Å². The molecule has 0 aliphatic carbocycles. The molecule has 4 N–H and O–H groups in total. The Kier molecular flexibility index (Phi) is 6.70. The van der Waals surface area contributed by atoms with Crippen LogP contribution in [0.5, 0.6) is 0 Å². The summed E-state index contributed by atoms with van der Waals surface area (Å²) in [6.45, 7) is 6.36. The van der Waals surface area contributed by atoms with E-state index in [4.69, 9.17) is 5.73 Å². The molecule has 0 rings (SSSR count). The van der Waals surface area contributed by atoms with Gasteiger partial charge in [0, 0.05) is 19.0 Å². The molecule has 0 aromatic heterocycles. The van der Waals surface area contributed by atoms with E-state index in [0.29, 0.717) is 19.5 Å². The number of hydrogen-bond donors (Lipinski definition) is 3. The van der Waals surface area contributed by atoms with Crippen molar-refractivity contribution >= 4 is 11.8 Å². The molecule has 0 aromatic carbocycles. The summed E-state index contributed by atoms with van der Waals surface area (Å²) in [4.78, 5) is 22.3. The molecule has 0 heterocycles. The Bertz CT molecular complexity index is 217. The van der Waals surface area contributed by atoms with Gasteiger partial charge in [-0.25, -0.2) is 0 Å². The van der Waals surface area contributed by atoms with E-state index in [-0.39, 0.29) is 17.7 Å². The van der Waals surface area contributed by atoms with E-state index in [0.717, 1.165) is 0 Å². The van der Waals surface area contributed by atoms with Gasteiger partial charge in [-0.15, -0.1) is 0 Å². The third kappa shape index (κ3) is 6.06. The molecular formula is C10H21N3O2. The number of amides is 2. The molecule has 0 aromatic rings. The third-order valence-corrected chi connectivity index (χ3v) is 2.02. The zero-order valence-electron chi connectivity index (χ0n) is 9.67. The van der Waals surface area contributed by atoms with Gasteiger partial charge >= 0.3 is 0 Å². The molecule has 5 heteroatoms. The number of carbonyl (C=O) groups is 2. The van der Waals surface area contributed by atoms with E-state index in [1.807, 2.05) is 20.8 Å². The van der Waals surface area contributed by atoms with Crippen molar-refractivity contribution in [1.82, 2.24) is 10.6 Å². The lowest BCUT2D eigenvalue weighted by atomic mass is 10.2. The van der Waals surface area contributed by atoms with Gasteiger partial charge in [0.2, 0.25) is 11.8 Å². The van der Waals surface area contributed by atoms with Crippen LogP contribution < -0.4 is 16.4 Å². The van der Waals surface area contributed by atoms with E-state index in [1.54, 1.807) is 0 Å². The predicted octanol–water partition coefficient (Wildman–Crippen LogP) is -0.388. The second-order valence-corrected chi connectivity index (χ2v) is 3.75. The standard InChI is InChI=1S/C10H21N3O2/c1-4-8(11)10(15)13-6-5-12-9(14)7(2)3/h7-8H,4-6,11H2,1-3H3,(H,12,14)(H,13,15). The van der Waals surface area contributed by atoms with Crippen LogP contribution in [0.25, 0.3) is 0 Å². The molecule has 0 saturated heterocycles. The molecule has 0 spiro atoms. The fraction of sp³-hybridized carbons (Fsp3) is 0.800. The summed E-state index contributed by atoms with van der Waals surface area (Å²) in [5.41, 5.74) is 5.51. The van der Waals surface area contributed by atoms with Crippen LogP contribution in [0.2, 0.25) is 0 Å². The lowest BCUT2D eigenvalue weighted by molar-refractivity contribution is -0.125. The molecular weight excluding hydrogens is 194 g/mol. The van der Waals surface area contributed by atoms with E-state index in [2.05, 4.69) is 10.6 Å². The molecule has 2 amide bonds. The van der Waals surface area contributed by atoms with Crippen molar-refractivity contribution in [1.29, 1.82) is 0 Å². The Morgan fingerprint density at radius 1 is 1.13 bits per heavy atom. The molecule has 0 aliphatic rings. The van der Waals surface area contributed by atoms with Crippen LogP contribution in [0.1, 0.15) is 27.2 Å². The lowest BCUT2D eigenvalue weighted by Crippen LogP contribution is -2.43. The second kappa shape index (κ2) is 7.23. The van der Waals surface area contributed by atoms with Crippen LogP contribution in [-0.4, -0.2) is 30.9 Å². The van der Waals surface area contributed by atoms with Crippen LogP contribution in [0.15, 0.2) is 0 Å². The number of nitrogens with two attached hydrogens (primary N) is 1. The van der Waals surface area contributed by atoms with Crippen LogP contribution in [-0.2, 0) is 9.59 Å². The monoisotopic (exact) mass is 215 g/mol. The van der Waals surface area contributed by atoms with Gasteiger partial charge in [-0.3, -0.25) is 9.59 Å². The predicted molar refractivity (Wildman–Crippen MR) is 59.1 cm³/mol. The van der Waals surface area contributed by atoms with Crippen molar-refractivity contribution in [2.45, 2.75) is 33.2 Å². The van der Waals surface area contributed by atoms with Crippen molar-refractivity contribution in [2.24, 2.45) is 11.7 Å². The number of hydrogen-bond acceptors (Lipinski definition) is 3. The van der Waals surface area contributed by atoms with Gasteiger partial charge in [0.05, 0.1) is 6.04 Å². The number of nitrogens with one attached hydrogen (secondary N) is 2. The summed E-state index contributed by atoms with van der Waals surface area (Å²) >= 11 is 0. The maximum absolute atomic E-state index is 11.2. The van der Waals surface area contributed by atoms with E-state index in [9.17, 15) is 9.59 Å². The first-order chi connectivity index (χ1) is 6.99. The number of rotatable bonds is 6. The van der Waals surface area contributed by atoms with Gasteiger partial charge in [0.1, 0.15) is 0 Å². The van der Waals surface area contributed by atoms with Gasteiger partial charge in [0.25, 0.3) is 0 Å². The first kappa shape index (κ1) is 13.9. The van der Waals surface area contributed by atoms with Gasteiger partial charge in [-0.05, 0) is 6.42 Å². The SMILES string of the molecule is CCC(N)C(=O)NCCNC(=O)C(C)C. The van der Waals surface area contributed by atoms with Gasteiger partial charge < -0.3 is 16.4 Å². The maximum atomic E-state index is 11.2. The first-order valence-electron chi connectivity index (χ1n) is 5.30. The molecule has 1 atom stereocenters. The fourth-order valence-electron chi connectivity index (χ4n) is 0.892. The van der Waals surface area contributed by atoms with E-state index >= 15 is 0 Å². The second-order valence-electron chi connectivity index (χ2n) is 3.75. The molecule has 15 heavy (non-hydrogen) atoms. The molecule has 0 radical (unpaired) electrons. The quantitative estimate of drug-likeness (QED) is 0.528. The third-order valence-electron chi connectivity index (χ3n) is 2.02. The average Bonchev–Trinajstić information content (AvgIpc) is 2.22. The highest BCUT2D eigenvalue weighted by atomic mass is 16.2. The summed E-state index contributed by atoms with van der Waals surface area (Å²) in [6.07, 6.45) is 0.615. The highest BCUT2D eigenvalue weighted by molar-refractivity contribution is 5.81. The largest absolute Gasteiger partial charge is 0.354 e. The smallest absolute Gasteiger partial charge is 0.236 e. The zero-order valence-corrected chi connectivity index (χ0v) is 9.67. The molecule has 1 unspecified atom stereocenters. The summed E-state index contributed by atoms with van der Waals surface area (Å²) in [5.74, 6) is -0.209. The normalized spacial score (nSPS) is 12.3. The lowest BCUT2D eigenvalue weighted by Gasteiger charge is -2.11. The van der Waals surface area contributed by atoms with Crippen molar-refractivity contribution in [3.8, 4) is 0 Å². The average molecular weight is 215 g/mol. The van der Waals surface area contributed by atoms with Crippen molar-refractivity contribution in [3.05, 3.63) is 0 Å². The Labute approximate surface area is 90.8 Å². The Hall–Kier alpha value is -1.10. The molecule has 88 valence electrons. The topological polar surface area (TPSA) is 84.2 Å². The summed E-state index contributed by atoms with van der Waals surface area (Å²) in [7, 11) is 0. The molecule has 0 saturated carbocycles. The van der Waals surface area contributed by atoms with Gasteiger partial charge in [-0.1, -0.05) is 20.8 Å². The Balaban J connectivity index is 3.55. The molecule has 0 fully saturated rings. The molecule has 0 bridgehead atoms. The first-order valence-corrected chi connectivity index (χ1v) is 5.30. The summed E-state index contributed by atoms with van der Waals surface area (Å²) < 4.78 is 0. The summed E-state index contributed by atoms with van der Waals surface area (Å²) in [6, 6.07) is -0.453. The minimum Gasteiger partial charge on any atom is -0.354 e. The van der Waals surface area contributed by atoms with Gasteiger partial charge in [0.15, 0.2) is 0 Å². The van der Waals surface area contributed by atoms with Crippen LogP contribution in [0.3, 0.4) is 0 Å². The van der Waals surface area contributed by atoms with Crippen molar-refractivity contribution in [2.75, 3.05) is 13.1 Å². The van der Waals surface area contributed by atoms with Crippen LogP contribution >= 0.6 is 0 Å². The minimum atomic E-state index is -0.453. The van der Waals surface area contributed by atoms with Crippen LogP contribution in [0, 0.1) is 5.92 Å². The highest BCUT2D eigenvalue weighted by Gasteiger charge is 2.10. The van der Waals surface area contributed by atoms with E-state index < -0.39 is 6.04 Å². The molecule has 0 aliphatic heterocycles. The minimum absolute atomic E-state index is 0.0101. The van der Waals surface area contributed by atoms with Crippen LogP contribution in [0.4, 0.5) is 0 Å². The fourth-order valence-corrected chi connectivity index (χ4v) is 0.892. The number of carbonyl (C=O) groups excluding carboxylic acids is 2.